The predicted octanol–water partition coefficient (Wildman–Crippen LogP) is 2.84. The van der Waals surface area contributed by atoms with E-state index < -0.39 is 0 Å². The normalized spacial score (nSPS) is 10.9. The van der Waals surface area contributed by atoms with E-state index in [1.54, 1.807) is 10.7 Å². The summed E-state index contributed by atoms with van der Waals surface area (Å²) in [5.74, 6) is -0.124. The van der Waals surface area contributed by atoms with Crippen molar-refractivity contribution in [1.82, 2.24) is 15.0 Å². The van der Waals surface area contributed by atoms with Crippen LogP contribution < -0.4 is 0 Å². The van der Waals surface area contributed by atoms with Gasteiger partial charge in [-0.25, -0.2) is 4.39 Å². The molecular formula is C14H18FN3. The summed E-state index contributed by atoms with van der Waals surface area (Å²) < 4.78 is 15.5. The van der Waals surface area contributed by atoms with Crippen LogP contribution in [0.5, 0.6) is 0 Å². The number of benzene rings is 1. The van der Waals surface area contributed by atoms with Crippen LogP contribution in [0.1, 0.15) is 29.3 Å². The Morgan fingerprint density at radius 1 is 1.17 bits per heavy atom. The molecule has 0 bridgehead atoms. The fraction of sp³-hybridized carbons (Fsp3) is 0.429. The Balaban J connectivity index is 2.08. The van der Waals surface area contributed by atoms with E-state index in [0.717, 1.165) is 35.3 Å². The van der Waals surface area contributed by atoms with Crippen molar-refractivity contribution in [3.8, 4) is 0 Å². The van der Waals surface area contributed by atoms with Crippen LogP contribution in [-0.2, 0) is 19.4 Å². The second-order valence-corrected chi connectivity index (χ2v) is 4.59. The first-order chi connectivity index (χ1) is 8.60. The fourth-order valence-electron chi connectivity index (χ4n) is 1.90. The summed E-state index contributed by atoms with van der Waals surface area (Å²) in [7, 11) is 0. The molecule has 1 heterocycles. The van der Waals surface area contributed by atoms with E-state index in [4.69, 9.17) is 0 Å². The molecule has 0 unspecified atom stereocenters. The molecule has 0 aliphatic carbocycles. The first kappa shape index (κ1) is 12.7. The van der Waals surface area contributed by atoms with Gasteiger partial charge in [-0.05, 0) is 56.4 Å². The summed E-state index contributed by atoms with van der Waals surface area (Å²) in [5.41, 5.74) is 3.79. The Kier molecular flexibility index (Phi) is 3.75. The highest BCUT2D eigenvalue weighted by Crippen LogP contribution is 2.16. The lowest BCUT2D eigenvalue weighted by atomic mass is 10.0. The quantitative estimate of drug-likeness (QED) is 0.831. The van der Waals surface area contributed by atoms with Gasteiger partial charge in [-0.15, -0.1) is 5.10 Å². The van der Waals surface area contributed by atoms with Gasteiger partial charge in [-0.3, -0.25) is 4.68 Å². The predicted molar refractivity (Wildman–Crippen MR) is 69.0 cm³/mol. The van der Waals surface area contributed by atoms with E-state index in [2.05, 4.69) is 10.3 Å². The smallest absolute Gasteiger partial charge is 0.126 e. The molecular weight excluding hydrogens is 229 g/mol. The van der Waals surface area contributed by atoms with E-state index in [9.17, 15) is 4.39 Å². The molecule has 0 aliphatic rings. The van der Waals surface area contributed by atoms with Gasteiger partial charge < -0.3 is 0 Å². The zero-order valence-electron chi connectivity index (χ0n) is 11.1. The lowest BCUT2D eigenvalue weighted by molar-refractivity contribution is 0.606. The number of halogens is 1. The zero-order valence-corrected chi connectivity index (χ0v) is 11.1. The monoisotopic (exact) mass is 247 g/mol. The minimum Gasteiger partial charge on any atom is -0.253 e. The first-order valence-electron chi connectivity index (χ1n) is 6.24. The van der Waals surface area contributed by atoms with Crippen LogP contribution in [-0.4, -0.2) is 15.0 Å². The molecule has 0 fully saturated rings. The second-order valence-electron chi connectivity index (χ2n) is 4.59. The summed E-state index contributed by atoms with van der Waals surface area (Å²) >= 11 is 0. The lowest BCUT2D eigenvalue weighted by Gasteiger charge is -2.06. The number of aromatic nitrogens is 3. The van der Waals surface area contributed by atoms with Crippen molar-refractivity contribution in [2.24, 2.45) is 0 Å². The summed E-state index contributed by atoms with van der Waals surface area (Å²) in [5, 5.41) is 8.04. The topological polar surface area (TPSA) is 30.7 Å². The molecule has 2 rings (SSSR count). The van der Waals surface area contributed by atoms with Gasteiger partial charge in [0.25, 0.3) is 0 Å². The third-order valence-corrected chi connectivity index (χ3v) is 3.22. The van der Waals surface area contributed by atoms with Gasteiger partial charge in [0, 0.05) is 12.7 Å². The van der Waals surface area contributed by atoms with Crippen LogP contribution in [0.3, 0.4) is 0 Å². The van der Waals surface area contributed by atoms with Gasteiger partial charge >= 0.3 is 0 Å². The molecule has 0 spiro atoms. The summed E-state index contributed by atoms with van der Waals surface area (Å²) in [4.78, 5) is 0. The molecule has 0 N–H and O–H groups in total. The van der Waals surface area contributed by atoms with Crippen molar-refractivity contribution < 1.29 is 4.39 Å². The maximum absolute atomic E-state index is 13.8. The molecule has 96 valence electrons. The molecule has 2 aromatic rings. The van der Waals surface area contributed by atoms with Gasteiger partial charge in [0.2, 0.25) is 0 Å². The number of hydrogen-bond donors (Lipinski definition) is 0. The van der Waals surface area contributed by atoms with Crippen molar-refractivity contribution in [2.45, 2.75) is 40.2 Å². The van der Waals surface area contributed by atoms with Crippen LogP contribution in [0.25, 0.3) is 0 Å². The molecule has 4 heteroatoms. The zero-order chi connectivity index (χ0) is 13.1. The molecule has 0 radical (unpaired) electrons. The van der Waals surface area contributed by atoms with Crippen LogP contribution in [0.2, 0.25) is 0 Å². The molecule has 0 amide bonds. The van der Waals surface area contributed by atoms with E-state index in [-0.39, 0.29) is 5.82 Å². The summed E-state index contributed by atoms with van der Waals surface area (Å²) in [6, 6.07) is 3.53. The van der Waals surface area contributed by atoms with Gasteiger partial charge in [-0.2, -0.15) is 0 Å². The Morgan fingerprint density at radius 2 is 1.89 bits per heavy atom. The standard InChI is InChI=1S/C14H18FN3/c1-4-18-9-13(16-17-18)6-5-12-7-10(2)11(3)8-14(12)15/h7-9H,4-6H2,1-3H3. The average molecular weight is 247 g/mol. The van der Waals surface area contributed by atoms with Gasteiger partial charge in [0.15, 0.2) is 0 Å². The van der Waals surface area contributed by atoms with Gasteiger partial charge in [-0.1, -0.05) is 11.3 Å². The molecule has 0 atom stereocenters. The second kappa shape index (κ2) is 5.29. The average Bonchev–Trinajstić information content (AvgIpc) is 2.80. The minimum absolute atomic E-state index is 0.124. The van der Waals surface area contributed by atoms with E-state index in [0.29, 0.717) is 6.42 Å². The lowest BCUT2D eigenvalue weighted by Crippen LogP contribution is -1.97. The third-order valence-electron chi connectivity index (χ3n) is 3.22. The van der Waals surface area contributed by atoms with Gasteiger partial charge in [0.05, 0.1) is 5.69 Å². The van der Waals surface area contributed by atoms with E-state index >= 15 is 0 Å². The van der Waals surface area contributed by atoms with Crippen molar-refractivity contribution in [2.75, 3.05) is 0 Å². The Morgan fingerprint density at radius 3 is 2.56 bits per heavy atom. The molecule has 3 nitrogen and oxygen atoms in total. The highest BCUT2D eigenvalue weighted by molar-refractivity contribution is 5.31. The van der Waals surface area contributed by atoms with Crippen LogP contribution in [0.4, 0.5) is 4.39 Å². The van der Waals surface area contributed by atoms with Crippen molar-refractivity contribution >= 4 is 0 Å². The minimum atomic E-state index is -0.124. The summed E-state index contributed by atoms with van der Waals surface area (Å²) in [6.07, 6.45) is 3.30. The first-order valence-corrected chi connectivity index (χ1v) is 6.24. The SMILES string of the molecule is CCn1cc(CCc2cc(C)c(C)cc2F)nn1. The Bertz CT molecular complexity index is 546. The Hall–Kier alpha value is -1.71. The molecule has 0 saturated heterocycles. The van der Waals surface area contributed by atoms with Crippen LogP contribution >= 0.6 is 0 Å². The van der Waals surface area contributed by atoms with E-state index in [1.807, 2.05) is 33.0 Å². The van der Waals surface area contributed by atoms with Crippen molar-refractivity contribution in [3.05, 3.63) is 46.5 Å². The Labute approximate surface area is 107 Å². The molecule has 0 saturated carbocycles. The number of rotatable bonds is 4. The van der Waals surface area contributed by atoms with Crippen LogP contribution in [0, 0.1) is 19.7 Å². The van der Waals surface area contributed by atoms with E-state index in [1.165, 1.54) is 0 Å². The van der Waals surface area contributed by atoms with Gasteiger partial charge in [0.1, 0.15) is 5.82 Å². The fourth-order valence-corrected chi connectivity index (χ4v) is 1.90. The highest BCUT2D eigenvalue weighted by atomic mass is 19.1. The maximum Gasteiger partial charge on any atom is 0.126 e. The molecule has 18 heavy (non-hydrogen) atoms. The largest absolute Gasteiger partial charge is 0.253 e. The molecule has 1 aromatic carbocycles. The van der Waals surface area contributed by atoms with Crippen LogP contribution in [0.15, 0.2) is 18.3 Å². The molecule has 0 aliphatic heterocycles. The maximum atomic E-state index is 13.8. The van der Waals surface area contributed by atoms with Crippen molar-refractivity contribution in [3.63, 3.8) is 0 Å². The summed E-state index contributed by atoms with van der Waals surface area (Å²) in [6.45, 7) is 6.76. The van der Waals surface area contributed by atoms with Crippen molar-refractivity contribution in [1.29, 1.82) is 0 Å². The number of nitrogens with zero attached hydrogens (tertiary/aromatic N) is 3. The number of aryl methyl sites for hydroxylation is 5. The third kappa shape index (κ3) is 2.75. The number of hydrogen-bond acceptors (Lipinski definition) is 2. The molecule has 1 aromatic heterocycles. The highest BCUT2D eigenvalue weighted by Gasteiger charge is 2.07.